The first-order valence-corrected chi connectivity index (χ1v) is 7.62. The highest BCUT2D eigenvalue weighted by Crippen LogP contribution is 2.27. The predicted molar refractivity (Wildman–Crippen MR) is 79.2 cm³/mol. The van der Waals surface area contributed by atoms with Crippen LogP contribution in [0.1, 0.15) is 6.92 Å². The third-order valence-electron chi connectivity index (χ3n) is 3.67. The van der Waals surface area contributed by atoms with Crippen LogP contribution in [0.3, 0.4) is 0 Å². The van der Waals surface area contributed by atoms with Crippen molar-refractivity contribution in [3.05, 3.63) is 24.5 Å². The van der Waals surface area contributed by atoms with Crippen molar-refractivity contribution in [1.82, 2.24) is 14.3 Å². The summed E-state index contributed by atoms with van der Waals surface area (Å²) in [6.07, 6.45) is 3.13. The highest BCUT2D eigenvalue weighted by atomic mass is 35.5. The summed E-state index contributed by atoms with van der Waals surface area (Å²) in [5.41, 5.74) is 6.49. The zero-order chi connectivity index (χ0) is 13.6. The standard InChI is InChI=1S/C12H16N4O2S.ClH/c1-8-6-16(7-10(8)13)19(17,18)11-5-15-12-9(11)3-2-4-14-12;/h2-5,8,10H,6-7,13H2,1H3,(H,14,15);1H. The van der Waals surface area contributed by atoms with E-state index in [0.717, 1.165) is 0 Å². The number of sulfonamides is 1. The molecule has 0 saturated carbocycles. The number of pyridine rings is 1. The molecule has 1 saturated heterocycles. The lowest BCUT2D eigenvalue weighted by Crippen LogP contribution is -2.32. The second-order valence-corrected chi connectivity index (χ2v) is 6.92. The van der Waals surface area contributed by atoms with E-state index in [0.29, 0.717) is 24.1 Å². The Morgan fingerprint density at radius 2 is 2.20 bits per heavy atom. The lowest BCUT2D eigenvalue weighted by Gasteiger charge is -2.15. The van der Waals surface area contributed by atoms with Crippen molar-refractivity contribution >= 4 is 33.5 Å². The van der Waals surface area contributed by atoms with Gasteiger partial charge in [0.15, 0.2) is 0 Å². The van der Waals surface area contributed by atoms with Crippen LogP contribution in [0, 0.1) is 5.92 Å². The maximum absolute atomic E-state index is 12.6. The number of aromatic nitrogens is 2. The van der Waals surface area contributed by atoms with E-state index in [1.54, 1.807) is 18.3 Å². The second-order valence-electron chi connectivity index (χ2n) is 5.02. The van der Waals surface area contributed by atoms with Gasteiger partial charge in [-0.25, -0.2) is 13.4 Å². The van der Waals surface area contributed by atoms with Gasteiger partial charge in [0, 0.05) is 36.9 Å². The Morgan fingerprint density at radius 3 is 2.85 bits per heavy atom. The van der Waals surface area contributed by atoms with Gasteiger partial charge in [0.05, 0.1) is 0 Å². The number of fused-ring (bicyclic) bond motifs is 1. The van der Waals surface area contributed by atoms with E-state index in [1.807, 2.05) is 6.92 Å². The molecule has 3 heterocycles. The SMILES string of the molecule is CC1CN(S(=O)(=O)c2c[nH]c3ncccc23)CC1N.Cl. The van der Waals surface area contributed by atoms with Crippen molar-refractivity contribution < 1.29 is 8.42 Å². The largest absolute Gasteiger partial charge is 0.345 e. The Morgan fingerprint density at radius 1 is 1.45 bits per heavy atom. The minimum atomic E-state index is -3.51. The molecule has 0 spiro atoms. The number of rotatable bonds is 2. The molecule has 0 aromatic carbocycles. The number of hydrogen-bond acceptors (Lipinski definition) is 4. The van der Waals surface area contributed by atoms with E-state index in [9.17, 15) is 8.42 Å². The Hall–Kier alpha value is -1.15. The summed E-state index contributed by atoms with van der Waals surface area (Å²) in [6, 6.07) is 3.39. The maximum Gasteiger partial charge on any atom is 0.245 e. The Labute approximate surface area is 123 Å². The number of aromatic amines is 1. The van der Waals surface area contributed by atoms with Gasteiger partial charge < -0.3 is 10.7 Å². The normalized spacial score (nSPS) is 23.9. The molecule has 1 aliphatic rings. The van der Waals surface area contributed by atoms with Gasteiger partial charge in [-0.05, 0) is 18.1 Å². The summed E-state index contributed by atoms with van der Waals surface area (Å²) >= 11 is 0. The molecular weight excluding hydrogens is 300 g/mol. The molecule has 6 nitrogen and oxygen atoms in total. The predicted octanol–water partition coefficient (Wildman–Crippen LogP) is 0.952. The molecule has 0 bridgehead atoms. The van der Waals surface area contributed by atoms with Crippen molar-refractivity contribution in [1.29, 1.82) is 0 Å². The van der Waals surface area contributed by atoms with Crippen LogP contribution < -0.4 is 5.73 Å². The first kappa shape index (κ1) is 15.2. The third kappa shape index (κ3) is 2.31. The minimum Gasteiger partial charge on any atom is -0.345 e. The molecule has 2 aromatic heterocycles. The first-order chi connectivity index (χ1) is 9.00. The fourth-order valence-electron chi connectivity index (χ4n) is 2.43. The fraction of sp³-hybridized carbons (Fsp3) is 0.417. The maximum atomic E-state index is 12.6. The van der Waals surface area contributed by atoms with E-state index in [4.69, 9.17) is 5.73 Å². The van der Waals surface area contributed by atoms with Crippen LogP contribution in [-0.4, -0.2) is 41.8 Å². The van der Waals surface area contributed by atoms with E-state index in [2.05, 4.69) is 9.97 Å². The van der Waals surface area contributed by atoms with E-state index in [1.165, 1.54) is 10.5 Å². The van der Waals surface area contributed by atoms with Gasteiger partial charge in [-0.2, -0.15) is 4.31 Å². The summed E-state index contributed by atoms with van der Waals surface area (Å²) in [7, 11) is -3.51. The van der Waals surface area contributed by atoms with Gasteiger partial charge in [0.2, 0.25) is 10.0 Å². The van der Waals surface area contributed by atoms with Crippen molar-refractivity contribution in [3.63, 3.8) is 0 Å². The molecule has 1 aliphatic heterocycles. The number of nitrogens with one attached hydrogen (secondary N) is 1. The van der Waals surface area contributed by atoms with Crippen molar-refractivity contribution in [2.75, 3.05) is 13.1 Å². The van der Waals surface area contributed by atoms with Gasteiger partial charge in [-0.1, -0.05) is 6.92 Å². The number of hydrogen-bond donors (Lipinski definition) is 2. The molecule has 2 unspecified atom stereocenters. The zero-order valence-corrected chi connectivity index (χ0v) is 12.6. The van der Waals surface area contributed by atoms with Gasteiger partial charge >= 0.3 is 0 Å². The zero-order valence-electron chi connectivity index (χ0n) is 11.0. The van der Waals surface area contributed by atoms with E-state index < -0.39 is 10.0 Å². The lowest BCUT2D eigenvalue weighted by atomic mass is 10.1. The average molecular weight is 317 g/mol. The van der Waals surface area contributed by atoms with Gasteiger partial charge in [0.1, 0.15) is 10.5 Å². The van der Waals surface area contributed by atoms with Crippen LogP contribution >= 0.6 is 12.4 Å². The number of H-pyrrole nitrogens is 1. The third-order valence-corrected chi connectivity index (χ3v) is 5.54. The summed E-state index contributed by atoms with van der Waals surface area (Å²) in [6.45, 7) is 2.81. The summed E-state index contributed by atoms with van der Waals surface area (Å²) in [5.74, 6) is 0.179. The number of nitrogens with two attached hydrogens (primary N) is 1. The summed E-state index contributed by atoms with van der Waals surface area (Å²) < 4.78 is 26.7. The highest BCUT2D eigenvalue weighted by Gasteiger charge is 2.36. The van der Waals surface area contributed by atoms with Crippen LogP contribution in [0.4, 0.5) is 0 Å². The van der Waals surface area contributed by atoms with E-state index >= 15 is 0 Å². The van der Waals surface area contributed by atoms with Crippen LogP contribution in [0.5, 0.6) is 0 Å². The number of nitrogens with zero attached hydrogens (tertiary/aromatic N) is 2. The lowest BCUT2D eigenvalue weighted by molar-refractivity contribution is 0.465. The summed E-state index contributed by atoms with van der Waals surface area (Å²) in [4.78, 5) is 7.28. The fourth-order valence-corrected chi connectivity index (χ4v) is 4.15. The van der Waals surface area contributed by atoms with Gasteiger partial charge in [-0.15, -0.1) is 12.4 Å². The molecule has 3 N–H and O–H groups in total. The number of halogens is 1. The van der Waals surface area contributed by atoms with Crippen LogP contribution in [0.15, 0.2) is 29.4 Å². The molecule has 0 radical (unpaired) electrons. The molecule has 1 fully saturated rings. The molecule has 0 amide bonds. The summed E-state index contributed by atoms with van der Waals surface area (Å²) in [5, 5.41) is 0.621. The topological polar surface area (TPSA) is 92.1 Å². The molecule has 0 aliphatic carbocycles. The first-order valence-electron chi connectivity index (χ1n) is 6.18. The monoisotopic (exact) mass is 316 g/mol. The second kappa shape index (κ2) is 5.33. The minimum absolute atomic E-state index is 0. The average Bonchev–Trinajstić information content (AvgIpc) is 2.94. The van der Waals surface area contributed by atoms with Gasteiger partial charge in [0.25, 0.3) is 0 Å². The molecule has 110 valence electrons. The smallest absolute Gasteiger partial charge is 0.245 e. The molecule has 2 aromatic rings. The Balaban J connectivity index is 0.00000147. The van der Waals surface area contributed by atoms with Crippen LogP contribution in [0.25, 0.3) is 11.0 Å². The Bertz CT molecular complexity index is 705. The van der Waals surface area contributed by atoms with E-state index in [-0.39, 0.29) is 29.3 Å². The molecule has 2 atom stereocenters. The van der Waals surface area contributed by atoms with Crippen molar-refractivity contribution in [2.24, 2.45) is 11.7 Å². The van der Waals surface area contributed by atoms with Crippen LogP contribution in [0.2, 0.25) is 0 Å². The van der Waals surface area contributed by atoms with Crippen LogP contribution in [-0.2, 0) is 10.0 Å². The van der Waals surface area contributed by atoms with Crippen molar-refractivity contribution in [3.8, 4) is 0 Å². The quantitative estimate of drug-likeness (QED) is 0.863. The van der Waals surface area contributed by atoms with Gasteiger partial charge in [-0.3, -0.25) is 0 Å². The molecule has 8 heteroatoms. The Kier molecular flexibility index (Phi) is 4.06. The van der Waals surface area contributed by atoms with Crippen molar-refractivity contribution in [2.45, 2.75) is 17.9 Å². The molecule has 3 rings (SSSR count). The molecule has 20 heavy (non-hydrogen) atoms. The highest BCUT2D eigenvalue weighted by molar-refractivity contribution is 7.89. The molecular formula is C12H17ClN4O2S.